The van der Waals surface area contributed by atoms with Crippen LogP contribution < -0.4 is 9.80 Å². The van der Waals surface area contributed by atoms with Crippen LogP contribution in [0.4, 0.5) is 11.4 Å². The lowest BCUT2D eigenvalue weighted by Crippen LogP contribution is -2.52. The van der Waals surface area contributed by atoms with Gasteiger partial charge in [-0.1, -0.05) is 29.3 Å². The number of amides is 2. The molecule has 0 aliphatic carbocycles. The summed E-state index contributed by atoms with van der Waals surface area (Å²) in [6.07, 6.45) is 0.215. The van der Waals surface area contributed by atoms with Crippen LogP contribution in [-0.4, -0.2) is 48.9 Å². The molecule has 0 bridgehead atoms. The second-order valence-electron chi connectivity index (χ2n) is 6.77. The van der Waals surface area contributed by atoms with Crippen LogP contribution in [0.5, 0.6) is 0 Å². The van der Waals surface area contributed by atoms with Crippen LogP contribution in [0.1, 0.15) is 6.42 Å². The zero-order chi connectivity index (χ0) is 19.0. The Labute approximate surface area is 168 Å². The zero-order valence-corrected chi connectivity index (χ0v) is 16.2. The monoisotopic (exact) mass is 403 g/mol. The van der Waals surface area contributed by atoms with Gasteiger partial charge in [-0.05, 0) is 42.5 Å². The molecule has 2 heterocycles. The van der Waals surface area contributed by atoms with Gasteiger partial charge in [0.25, 0.3) is 5.91 Å². The molecule has 5 nitrogen and oxygen atoms in total. The number of imide groups is 1. The van der Waals surface area contributed by atoms with Gasteiger partial charge in [-0.15, -0.1) is 0 Å². The Morgan fingerprint density at radius 2 is 1.52 bits per heavy atom. The Morgan fingerprint density at radius 3 is 2.19 bits per heavy atom. The number of carbonyl (C=O) groups excluding carboxylic acids is 2. The zero-order valence-electron chi connectivity index (χ0n) is 14.6. The normalized spacial score (nSPS) is 21.2. The Kier molecular flexibility index (Phi) is 5.08. The summed E-state index contributed by atoms with van der Waals surface area (Å²) in [5, 5.41) is 1.22. The van der Waals surface area contributed by atoms with Crippen LogP contribution in [0.15, 0.2) is 48.5 Å². The van der Waals surface area contributed by atoms with Crippen molar-refractivity contribution < 1.29 is 9.59 Å². The first-order valence-corrected chi connectivity index (χ1v) is 9.65. The average Bonchev–Trinajstić information content (AvgIpc) is 2.97. The largest absolute Gasteiger partial charge is 0.369 e. The fourth-order valence-electron chi connectivity index (χ4n) is 3.73. The van der Waals surface area contributed by atoms with Gasteiger partial charge in [-0.2, -0.15) is 0 Å². The molecule has 2 fully saturated rings. The number of hydrogen-bond acceptors (Lipinski definition) is 4. The Balaban J connectivity index is 1.44. The van der Waals surface area contributed by atoms with Gasteiger partial charge in [-0.3, -0.25) is 14.5 Å². The van der Waals surface area contributed by atoms with Crippen LogP contribution in [0.25, 0.3) is 0 Å². The first kappa shape index (κ1) is 18.3. The lowest BCUT2D eigenvalue weighted by atomic mass is 10.1. The molecule has 7 heteroatoms. The van der Waals surface area contributed by atoms with Crippen molar-refractivity contribution in [3.05, 3.63) is 58.6 Å². The van der Waals surface area contributed by atoms with Crippen LogP contribution in [0.2, 0.25) is 10.0 Å². The molecule has 0 unspecified atom stereocenters. The van der Waals surface area contributed by atoms with Crippen LogP contribution in [0, 0.1) is 0 Å². The Bertz CT molecular complexity index is 864. The van der Waals surface area contributed by atoms with Gasteiger partial charge in [0.15, 0.2) is 0 Å². The third-order valence-corrected chi connectivity index (χ3v) is 5.62. The van der Waals surface area contributed by atoms with E-state index in [0.29, 0.717) is 15.7 Å². The van der Waals surface area contributed by atoms with Gasteiger partial charge in [0, 0.05) is 41.9 Å². The number of nitrogens with zero attached hydrogens (tertiary/aromatic N) is 3. The second-order valence-corrected chi connectivity index (χ2v) is 7.64. The summed E-state index contributed by atoms with van der Waals surface area (Å²) in [5.41, 5.74) is 1.66. The smallest absolute Gasteiger partial charge is 0.251 e. The van der Waals surface area contributed by atoms with Gasteiger partial charge in [0.2, 0.25) is 5.91 Å². The molecule has 0 radical (unpaired) electrons. The fourth-order valence-corrected chi connectivity index (χ4v) is 4.04. The van der Waals surface area contributed by atoms with E-state index >= 15 is 0 Å². The van der Waals surface area contributed by atoms with Crippen LogP contribution in [-0.2, 0) is 9.59 Å². The third-order valence-electron chi connectivity index (χ3n) is 5.14. The van der Waals surface area contributed by atoms with Crippen molar-refractivity contribution in [2.75, 3.05) is 36.0 Å². The summed E-state index contributed by atoms with van der Waals surface area (Å²) in [6, 6.07) is 14.2. The lowest BCUT2D eigenvalue weighted by molar-refractivity contribution is -0.123. The predicted octanol–water partition coefficient (Wildman–Crippen LogP) is 3.45. The molecule has 0 saturated carbocycles. The quantitative estimate of drug-likeness (QED) is 0.736. The SMILES string of the molecule is O=C1C[C@H](N2CCN(c3ccc(Cl)cc3)CC2)C(=O)N1c1cccc(Cl)c1. The highest BCUT2D eigenvalue weighted by molar-refractivity contribution is 6.31. The molecule has 2 aliphatic heterocycles. The maximum absolute atomic E-state index is 12.9. The fraction of sp³-hybridized carbons (Fsp3) is 0.300. The van der Waals surface area contributed by atoms with E-state index in [0.717, 1.165) is 31.9 Å². The predicted molar refractivity (Wildman–Crippen MR) is 108 cm³/mol. The molecule has 1 atom stereocenters. The van der Waals surface area contributed by atoms with Gasteiger partial charge in [0.1, 0.15) is 0 Å². The van der Waals surface area contributed by atoms with Crippen molar-refractivity contribution in [3.8, 4) is 0 Å². The van der Waals surface area contributed by atoms with Crippen molar-refractivity contribution in [3.63, 3.8) is 0 Å². The second kappa shape index (κ2) is 7.50. The van der Waals surface area contributed by atoms with Gasteiger partial charge in [0.05, 0.1) is 18.2 Å². The minimum atomic E-state index is -0.399. The van der Waals surface area contributed by atoms with Gasteiger partial charge >= 0.3 is 0 Å². The average molecular weight is 404 g/mol. The maximum Gasteiger partial charge on any atom is 0.251 e. The number of carbonyl (C=O) groups is 2. The highest BCUT2D eigenvalue weighted by atomic mass is 35.5. The minimum absolute atomic E-state index is 0.165. The number of anilines is 2. The van der Waals surface area contributed by atoms with Crippen molar-refractivity contribution in [1.29, 1.82) is 0 Å². The standard InChI is InChI=1S/C20H19Cl2N3O2/c21-14-4-6-16(7-5-14)23-8-10-24(11-9-23)18-13-19(26)25(20(18)27)17-3-1-2-15(22)12-17/h1-7,12,18H,8-11,13H2/t18-/m0/s1. The molecule has 140 valence electrons. The number of rotatable bonds is 3. The Hall–Kier alpha value is -2.08. The molecule has 0 aromatic heterocycles. The summed E-state index contributed by atoms with van der Waals surface area (Å²) < 4.78 is 0. The number of hydrogen-bond donors (Lipinski definition) is 0. The molecular formula is C20H19Cl2N3O2. The molecule has 2 saturated heterocycles. The van der Waals surface area contributed by atoms with E-state index in [9.17, 15) is 9.59 Å². The molecule has 0 N–H and O–H groups in total. The first-order chi connectivity index (χ1) is 13.0. The van der Waals surface area contributed by atoms with E-state index in [1.54, 1.807) is 24.3 Å². The molecule has 27 heavy (non-hydrogen) atoms. The number of halogens is 2. The van der Waals surface area contributed by atoms with Gasteiger partial charge < -0.3 is 4.90 Å². The summed E-state index contributed by atoms with van der Waals surface area (Å²) in [7, 11) is 0. The van der Waals surface area contributed by atoms with E-state index in [-0.39, 0.29) is 18.2 Å². The van der Waals surface area contributed by atoms with E-state index in [1.165, 1.54) is 4.90 Å². The molecule has 2 amide bonds. The minimum Gasteiger partial charge on any atom is -0.369 e. The summed E-state index contributed by atoms with van der Waals surface area (Å²) in [4.78, 5) is 31.0. The highest BCUT2D eigenvalue weighted by Gasteiger charge is 2.43. The van der Waals surface area contributed by atoms with Crippen molar-refractivity contribution in [2.24, 2.45) is 0 Å². The first-order valence-electron chi connectivity index (χ1n) is 8.90. The van der Waals surface area contributed by atoms with Gasteiger partial charge in [-0.25, -0.2) is 4.90 Å². The van der Waals surface area contributed by atoms with E-state index in [1.807, 2.05) is 24.3 Å². The van der Waals surface area contributed by atoms with E-state index in [2.05, 4.69) is 9.80 Å². The van der Waals surface area contributed by atoms with E-state index in [4.69, 9.17) is 23.2 Å². The van der Waals surface area contributed by atoms with Crippen molar-refractivity contribution in [2.45, 2.75) is 12.5 Å². The molecule has 2 aromatic carbocycles. The molecule has 4 rings (SSSR count). The summed E-state index contributed by atoms with van der Waals surface area (Å²) in [5.74, 6) is -0.338. The topological polar surface area (TPSA) is 43.9 Å². The molecular weight excluding hydrogens is 385 g/mol. The van der Waals surface area contributed by atoms with Crippen molar-refractivity contribution >= 4 is 46.4 Å². The van der Waals surface area contributed by atoms with Crippen LogP contribution in [0.3, 0.4) is 0 Å². The third kappa shape index (κ3) is 3.68. The molecule has 2 aliphatic rings. The number of benzene rings is 2. The van der Waals surface area contributed by atoms with E-state index < -0.39 is 6.04 Å². The summed E-state index contributed by atoms with van der Waals surface area (Å²) in [6.45, 7) is 3.07. The highest BCUT2D eigenvalue weighted by Crippen LogP contribution is 2.28. The lowest BCUT2D eigenvalue weighted by Gasteiger charge is -2.38. The molecule has 2 aromatic rings. The Morgan fingerprint density at radius 1 is 0.815 bits per heavy atom. The van der Waals surface area contributed by atoms with Crippen LogP contribution >= 0.6 is 23.2 Å². The molecule has 0 spiro atoms. The maximum atomic E-state index is 12.9. The summed E-state index contributed by atoms with van der Waals surface area (Å²) >= 11 is 12.0. The number of piperazine rings is 1. The van der Waals surface area contributed by atoms with Crippen molar-refractivity contribution in [1.82, 2.24) is 4.90 Å².